The SMILES string of the molecule is CCOCCCNC(=NCc1ccc(OC)cc1)NCC1(C)COC1. The van der Waals surface area contributed by atoms with Crippen molar-refractivity contribution >= 4 is 5.96 Å². The summed E-state index contributed by atoms with van der Waals surface area (Å²) in [6.45, 7) is 9.67. The van der Waals surface area contributed by atoms with Crippen molar-refractivity contribution in [2.45, 2.75) is 26.8 Å². The number of ether oxygens (including phenoxy) is 3. The van der Waals surface area contributed by atoms with Crippen molar-refractivity contribution in [1.82, 2.24) is 10.6 Å². The van der Waals surface area contributed by atoms with Gasteiger partial charge in [0.25, 0.3) is 0 Å². The number of nitrogens with zero attached hydrogens (tertiary/aromatic N) is 1. The number of nitrogens with one attached hydrogen (secondary N) is 2. The lowest BCUT2D eigenvalue weighted by Crippen LogP contribution is -2.51. The fraction of sp³-hybridized carbons (Fsp3) is 0.632. The molecular formula is C19H31N3O3. The largest absolute Gasteiger partial charge is 0.497 e. The number of guanidine groups is 1. The second-order valence-corrected chi connectivity index (χ2v) is 6.65. The summed E-state index contributed by atoms with van der Waals surface area (Å²) in [6.07, 6.45) is 0.956. The molecule has 6 heteroatoms. The van der Waals surface area contributed by atoms with Crippen LogP contribution in [0.1, 0.15) is 25.8 Å². The van der Waals surface area contributed by atoms with E-state index < -0.39 is 0 Å². The Kier molecular flexibility index (Phi) is 8.01. The van der Waals surface area contributed by atoms with Crippen LogP contribution in [0.25, 0.3) is 0 Å². The molecule has 0 aromatic heterocycles. The molecule has 2 rings (SSSR count). The van der Waals surface area contributed by atoms with Crippen LogP contribution in [0.3, 0.4) is 0 Å². The Morgan fingerprint density at radius 1 is 1.24 bits per heavy atom. The van der Waals surface area contributed by atoms with E-state index in [0.717, 1.165) is 63.2 Å². The van der Waals surface area contributed by atoms with Crippen LogP contribution in [0.15, 0.2) is 29.3 Å². The quantitative estimate of drug-likeness (QED) is 0.385. The van der Waals surface area contributed by atoms with E-state index in [4.69, 9.17) is 19.2 Å². The normalized spacial score (nSPS) is 16.2. The molecule has 1 aliphatic heterocycles. The molecule has 0 bridgehead atoms. The zero-order chi connectivity index (χ0) is 18.0. The Morgan fingerprint density at radius 2 is 2.00 bits per heavy atom. The summed E-state index contributed by atoms with van der Waals surface area (Å²) < 4.78 is 15.9. The van der Waals surface area contributed by atoms with Gasteiger partial charge in [0.05, 0.1) is 26.9 Å². The lowest BCUT2D eigenvalue weighted by molar-refractivity contribution is -0.0971. The third kappa shape index (κ3) is 6.92. The number of rotatable bonds is 10. The van der Waals surface area contributed by atoms with E-state index >= 15 is 0 Å². The van der Waals surface area contributed by atoms with Gasteiger partial charge in [-0.15, -0.1) is 0 Å². The molecule has 6 nitrogen and oxygen atoms in total. The van der Waals surface area contributed by atoms with Gasteiger partial charge in [-0.25, -0.2) is 4.99 Å². The predicted octanol–water partition coefficient (Wildman–Crippen LogP) is 2.19. The summed E-state index contributed by atoms with van der Waals surface area (Å²) >= 11 is 0. The Labute approximate surface area is 151 Å². The van der Waals surface area contributed by atoms with Gasteiger partial charge in [0, 0.05) is 31.7 Å². The first-order valence-electron chi connectivity index (χ1n) is 8.96. The first-order chi connectivity index (χ1) is 12.1. The van der Waals surface area contributed by atoms with Crippen LogP contribution in [-0.2, 0) is 16.0 Å². The average Bonchev–Trinajstić information content (AvgIpc) is 2.62. The Morgan fingerprint density at radius 3 is 2.60 bits per heavy atom. The maximum atomic E-state index is 5.38. The van der Waals surface area contributed by atoms with E-state index in [9.17, 15) is 0 Å². The summed E-state index contributed by atoms with van der Waals surface area (Å²) in [7, 11) is 1.67. The lowest BCUT2D eigenvalue weighted by Gasteiger charge is -2.38. The van der Waals surface area contributed by atoms with Crippen LogP contribution in [0, 0.1) is 5.41 Å². The van der Waals surface area contributed by atoms with Crippen molar-refractivity contribution in [1.29, 1.82) is 0 Å². The summed E-state index contributed by atoms with van der Waals surface area (Å²) in [4.78, 5) is 4.70. The van der Waals surface area contributed by atoms with Crippen molar-refractivity contribution in [3.63, 3.8) is 0 Å². The second-order valence-electron chi connectivity index (χ2n) is 6.65. The molecular weight excluding hydrogens is 318 g/mol. The van der Waals surface area contributed by atoms with E-state index in [0.29, 0.717) is 6.54 Å². The zero-order valence-corrected chi connectivity index (χ0v) is 15.6. The zero-order valence-electron chi connectivity index (χ0n) is 15.6. The van der Waals surface area contributed by atoms with Crippen molar-refractivity contribution in [2.24, 2.45) is 10.4 Å². The van der Waals surface area contributed by atoms with Gasteiger partial charge in [-0.3, -0.25) is 0 Å². The minimum atomic E-state index is 0.202. The maximum absolute atomic E-state index is 5.38. The van der Waals surface area contributed by atoms with E-state index in [1.807, 2.05) is 31.2 Å². The van der Waals surface area contributed by atoms with Crippen LogP contribution in [0.4, 0.5) is 0 Å². The minimum absolute atomic E-state index is 0.202. The van der Waals surface area contributed by atoms with Gasteiger partial charge < -0.3 is 24.8 Å². The molecule has 0 amide bonds. The third-order valence-corrected chi connectivity index (χ3v) is 4.12. The van der Waals surface area contributed by atoms with Gasteiger partial charge in [0.1, 0.15) is 5.75 Å². The predicted molar refractivity (Wildman–Crippen MR) is 100 cm³/mol. The molecule has 0 radical (unpaired) electrons. The highest BCUT2D eigenvalue weighted by Gasteiger charge is 2.33. The molecule has 25 heavy (non-hydrogen) atoms. The maximum Gasteiger partial charge on any atom is 0.191 e. The standard InChI is InChI=1S/C19H31N3O3/c1-4-24-11-5-10-20-18(22-13-19(2)14-25-15-19)21-12-16-6-8-17(23-3)9-7-16/h6-9H,4-5,10-15H2,1-3H3,(H2,20,21,22). The van der Waals surface area contributed by atoms with Crippen molar-refractivity contribution < 1.29 is 14.2 Å². The van der Waals surface area contributed by atoms with E-state index in [1.165, 1.54) is 0 Å². The van der Waals surface area contributed by atoms with Gasteiger partial charge in [0.15, 0.2) is 5.96 Å². The monoisotopic (exact) mass is 349 g/mol. The number of hydrogen-bond acceptors (Lipinski definition) is 4. The minimum Gasteiger partial charge on any atom is -0.497 e. The average molecular weight is 349 g/mol. The lowest BCUT2D eigenvalue weighted by atomic mass is 9.89. The second kappa shape index (κ2) is 10.3. The van der Waals surface area contributed by atoms with Crippen molar-refractivity contribution in [3.05, 3.63) is 29.8 Å². The Bertz CT molecular complexity index is 527. The molecule has 1 fully saturated rings. The molecule has 2 N–H and O–H groups in total. The van der Waals surface area contributed by atoms with Crippen LogP contribution in [0.5, 0.6) is 5.75 Å². The third-order valence-electron chi connectivity index (χ3n) is 4.12. The van der Waals surface area contributed by atoms with E-state index in [2.05, 4.69) is 17.6 Å². The van der Waals surface area contributed by atoms with Crippen molar-refractivity contribution in [2.75, 3.05) is 46.6 Å². The number of aliphatic imine (C=N–C) groups is 1. The highest BCUT2D eigenvalue weighted by Crippen LogP contribution is 2.24. The molecule has 1 saturated heterocycles. The van der Waals surface area contributed by atoms with Crippen LogP contribution >= 0.6 is 0 Å². The fourth-order valence-electron chi connectivity index (χ4n) is 2.45. The van der Waals surface area contributed by atoms with Gasteiger partial charge >= 0.3 is 0 Å². The summed E-state index contributed by atoms with van der Waals surface area (Å²) in [5, 5.41) is 6.82. The molecule has 1 aromatic rings. The van der Waals surface area contributed by atoms with Gasteiger partial charge in [0.2, 0.25) is 0 Å². The molecule has 0 saturated carbocycles. The molecule has 0 atom stereocenters. The first kappa shape index (κ1) is 19.5. The number of benzene rings is 1. The summed E-state index contributed by atoms with van der Waals surface area (Å²) in [6, 6.07) is 7.99. The smallest absolute Gasteiger partial charge is 0.191 e. The number of hydrogen-bond donors (Lipinski definition) is 2. The molecule has 1 aromatic carbocycles. The van der Waals surface area contributed by atoms with E-state index in [1.54, 1.807) is 7.11 Å². The van der Waals surface area contributed by atoms with Crippen LogP contribution in [-0.4, -0.2) is 52.6 Å². The first-order valence-corrected chi connectivity index (χ1v) is 8.96. The molecule has 140 valence electrons. The topological polar surface area (TPSA) is 64.1 Å². The Hall–Kier alpha value is -1.79. The molecule has 1 heterocycles. The van der Waals surface area contributed by atoms with E-state index in [-0.39, 0.29) is 5.41 Å². The van der Waals surface area contributed by atoms with Gasteiger partial charge in [-0.2, -0.15) is 0 Å². The molecule has 0 unspecified atom stereocenters. The van der Waals surface area contributed by atoms with Crippen molar-refractivity contribution in [3.8, 4) is 5.75 Å². The Balaban J connectivity index is 1.86. The van der Waals surface area contributed by atoms with Gasteiger partial charge in [-0.05, 0) is 31.0 Å². The summed E-state index contributed by atoms with van der Waals surface area (Å²) in [5.74, 6) is 1.69. The van der Waals surface area contributed by atoms with Crippen LogP contribution < -0.4 is 15.4 Å². The van der Waals surface area contributed by atoms with Gasteiger partial charge in [-0.1, -0.05) is 19.1 Å². The molecule has 0 aliphatic carbocycles. The fourth-order valence-corrected chi connectivity index (χ4v) is 2.45. The van der Waals surface area contributed by atoms with Crippen LogP contribution in [0.2, 0.25) is 0 Å². The highest BCUT2D eigenvalue weighted by atomic mass is 16.5. The molecule has 1 aliphatic rings. The number of methoxy groups -OCH3 is 1. The highest BCUT2D eigenvalue weighted by molar-refractivity contribution is 5.79. The molecule has 0 spiro atoms. The summed E-state index contributed by atoms with van der Waals surface area (Å²) in [5.41, 5.74) is 1.35.